The number of halogens is 1. The number of benzene rings is 2. The number of hydrogen-bond acceptors (Lipinski definition) is 7. The molecule has 1 fully saturated rings. The summed E-state index contributed by atoms with van der Waals surface area (Å²) in [5.74, 6) is 1.59. The van der Waals surface area contributed by atoms with Crippen molar-refractivity contribution in [1.82, 2.24) is 20.1 Å². The Morgan fingerprint density at radius 3 is 2.67 bits per heavy atom. The molecule has 2 aliphatic rings. The molecule has 39 heavy (non-hydrogen) atoms. The van der Waals surface area contributed by atoms with Gasteiger partial charge in [-0.3, -0.25) is 9.51 Å². The number of ether oxygens (including phenoxy) is 1. The minimum Gasteiger partial charge on any atom is -0.488 e. The maximum atomic E-state index is 14.2. The molecule has 0 aliphatic carbocycles. The monoisotopic (exact) mass is 527 g/mol. The zero-order chi connectivity index (χ0) is 27.1. The van der Waals surface area contributed by atoms with Crippen molar-refractivity contribution < 1.29 is 13.7 Å². The van der Waals surface area contributed by atoms with Crippen molar-refractivity contribution in [3.05, 3.63) is 97.9 Å². The van der Waals surface area contributed by atoms with Crippen molar-refractivity contribution >= 4 is 17.0 Å². The highest BCUT2D eigenvalue weighted by molar-refractivity contribution is 5.99. The lowest BCUT2D eigenvalue weighted by Gasteiger charge is -2.34. The van der Waals surface area contributed by atoms with Crippen LogP contribution < -0.4 is 15.4 Å². The van der Waals surface area contributed by atoms with Crippen LogP contribution in [0.1, 0.15) is 71.8 Å². The van der Waals surface area contributed by atoms with E-state index in [1.165, 1.54) is 24.1 Å². The molecule has 200 valence electrons. The van der Waals surface area contributed by atoms with Crippen molar-refractivity contribution in [3.63, 3.8) is 0 Å². The molecule has 9 heteroatoms. The number of hydrogen-bond donors (Lipinski definition) is 1. The third-order valence-corrected chi connectivity index (χ3v) is 7.41. The quantitative estimate of drug-likeness (QED) is 0.367. The van der Waals surface area contributed by atoms with Crippen LogP contribution in [0.3, 0.4) is 0 Å². The molecule has 2 aromatic heterocycles. The first-order chi connectivity index (χ1) is 18.9. The van der Waals surface area contributed by atoms with Gasteiger partial charge in [0.15, 0.2) is 5.82 Å². The van der Waals surface area contributed by atoms with Gasteiger partial charge in [-0.05, 0) is 61.1 Å². The summed E-state index contributed by atoms with van der Waals surface area (Å²) in [6.07, 6.45) is 3.78. The normalized spacial score (nSPS) is 15.6. The van der Waals surface area contributed by atoms with Crippen molar-refractivity contribution in [2.24, 2.45) is 0 Å². The van der Waals surface area contributed by atoms with Crippen LogP contribution >= 0.6 is 0 Å². The predicted molar refractivity (Wildman–Crippen MR) is 146 cm³/mol. The molecule has 8 nitrogen and oxygen atoms in total. The van der Waals surface area contributed by atoms with Gasteiger partial charge in [0.25, 0.3) is 0 Å². The first kappa shape index (κ1) is 25.0. The molecule has 1 saturated heterocycles. The first-order valence-corrected chi connectivity index (χ1v) is 13.3. The van der Waals surface area contributed by atoms with E-state index in [9.17, 15) is 9.18 Å². The van der Waals surface area contributed by atoms with Gasteiger partial charge in [-0.2, -0.15) is 0 Å². The average molecular weight is 528 g/mol. The van der Waals surface area contributed by atoms with E-state index in [-0.39, 0.29) is 12.4 Å². The number of aryl methyl sites for hydroxylation is 2. The Bertz CT molecular complexity index is 1650. The molecule has 1 N–H and O–H groups in total. The van der Waals surface area contributed by atoms with Gasteiger partial charge in [-0.25, -0.2) is 19.2 Å². The Hall–Kier alpha value is -4.27. The van der Waals surface area contributed by atoms with Crippen LogP contribution in [0.5, 0.6) is 5.75 Å². The second-order valence-corrected chi connectivity index (χ2v) is 10.2. The fourth-order valence-electron chi connectivity index (χ4n) is 5.41. The number of aromatic nitrogens is 4. The molecular formula is C30H30FN5O3. The minimum absolute atomic E-state index is 0.275. The van der Waals surface area contributed by atoms with Crippen LogP contribution in [0, 0.1) is 12.7 Å². The lowest BCUT2D eigenvalue weighted by atomic mass is 9.88. The van der Waals surface area contributed by atoms with Crippen LogP contribution in [-0.2, 0) is 19.4 Å². The van der Waals surface area contributed by atoms with Crippen LogP contribution in [0.2, 0.25) is 0 Å². The van der Waals surface area contributed by atoms with Gasteiger partial charge in [-0.15, -0.1) is 0 Å². The van der Waals surface area contributed by atoms with E-state index in [2.05, 4.69) is 40.2 Å². The van der Waals surface area contributed by atoms with Crippen LogP contribution in [-0.4, -0.2) is 33.2 Å². The maximum absolute atomic E-state index is 14.2. The summed E-state index contributed by atoms with van der Waals surface area (Å²) in [5, 5.41) is 3.90. The Morgan fingerprint density at radius 1 is 1.13 bits per heavy atom. The molecule has 4 aromatic rings. The van der Waals surface area contributed by atoms with Crippen molar-refractivity contribution in [1.29, 1.82) is 0 Å². The van der Waals surface area contributed by atoms with Crippen molar-refractivity contribution in [3.8, 4) is 5.75 Å². The third kappa shape index (κ3) is 4.73. The lowest BCUT2D eigenvalue weighted by Crippen LogP contribution is -2.39. The number of allylic oxidation sites excluding steroid dienone is 1. The van der Waals surface area contributed by atoms with Gasteiger partial charge in [-0.1, -0.05) is 36.7 Å². The zero-order valence-corrected chi connectivity index (χ0v) is 22.3. The van der Waals surface area contributed by atoms with E-state index in [4.69, 9.17) is 19.2 Å². The molecule has 4 heterocycles. The fourth-order valence-corrected chi connectivity index (χ4v) is 5.41. The molecule has 0 bridgehead atoms. The van der Waals surface area contributed by atoms with Gasteiger partial charge in [0.2, 0.25) is 0 Å². The molecule has 2 aliphatic heterocycles. The van der Waals surface area contributed by atoms with Crippen molar-refractivity contribution in [2.75, 3.05) is 18.0 Å². The van der Waals surface area contributed by atoms with Crippen LogP contribution in [0.4, 0.5) is 10.2 Å². The minimum atomic E-state index is -0.633. The van der Waals surface area contributed by atoms with E-state index in [0.717, 1.165) is 71.1 Å². The van der Waals surface area contributed by atoms with Gasteiger partial charge < -0.3 is 9.64 Å². The predicted octanol–water partition coefficient (Wildman–Crippen LogP) is 5.23. The molecular weight excluding hydrogens is 497 g/mol. The highest BCUT2D eigenvalue weighted by atomic mass is 19.1. The smallest absolute Gasteiger partial charge is 0.439 e. The molecule has 2 aromatic carbocycles. The number of nitrogens with one attached hydrogen (secondary N) is 1. The van der Waals surface area contributed by atoms with E-state index < -0.39 is 5.76 Å². The van der Waals surface area contributed by atoms with E-state index in [1.807, 2.05) is 13.8 Å². The Labute approximate surface area is 225 Å². The molecule has 0 unspecified atom stereocenters. The maximum Gasteiger partial charge on any atom is 0.439 e. The van der Waals surface area contributed by atoms with Gasteiger partial charge in [0, 0.05) is 48.0 Å². The second-order valence-electron chi connectivity index (χ2n) is 10.2. The average Bonchev–Trinajstić information content (AvgIpc) is 3.25. The number of H-pyrrole nitrogens is 1. The third-order valence-electron chi connectivity index (χ3n) is 7.41. The van der Waals surface area contributed by atoms with E-state index in [1.54, 1.807) is 6.07 Å². The summed E-state index contributed by atoms with van der Waals surface area (Å²) >= 11 is 0. The number of nitrogens with zero attached hydrogens (tertiary/aromatic N) is 4. The van der Waals surface area contributed by atoms with Crippen molar-refractivity contribution in [2.45, 2.75) is 53.1 Å². The molecule has 0 radical (unpaired) electrons. The van der Waals surface area contributed by atoms with Crippen LogP contribution in [0.25, 0.3) is 11.1 Å². The lowest BCUT2D eigenvalue weighted by molar-refractivity contribution is 0.305. The van der Waals surface area contributed by atoms with Gasteiger partial charge >= 0.3 is 5.76 Å². The Balaban J connectivity index is 1.46. The summed E-state index contributed by atoms with van der Waals surface area (Å²) in [6.45, 7) is 8.29. The Kier molecular flexibility index (Phi) is 6.50. The number of anilines is 1. The van der Waals surface area contributed by atoms with E-state index in [0.29, 0.717) is 23.6 Å². The summed E-state index contributed by atoms with van der Waals surface area (Å²) in [7, 11) is 0. The fraction of sp³-hybridized carbons (Fsp3) is 0.333. The summed E-state index contributed by atoms with van der Waals surface area (Å²) in [4.78, 5) is 26.3. The molecule has 0 atom stereocenters. The molecule has 6 rings (SSSR count). The second kappa shape index (κ2) is 10.1. The number of fused-ring (bicyclic) bond motifs is 2. The summed E-state index contributed by atoms with van der Waals surface area (Å²) in [6, 6.07) is 10.8. The summed E-state index contributed by atoms with van der Waals surface area (Å²) < 4.78 is 25.1. The van der Waals surface area contributed by atoms with Crippen LogP contribution in [0.15, 0.2) is 45.7 Å². The first-order valence-electron chi connectivity index (χ1n) is 13.3. The van der Waals surface area contributed by atoms with Gasteiger partial charge in [0.1, 0.15) is 29.8 Å². The van der Waals surface area contributed by atoms with E-state index >= 15 is 0 Å². The topological polar surface area (TPSA) is 97.1 Å². The van der Waals surface area contributed by atoms with Gasteiger partial charge in [0.05, 0.1) is 0 Å². The number of rotatable bonds is 6. The molecule has 0 spiro atoms. The largest absolute Gasteiger partial charge is 0.488 e. The standard InChI is InChI=1S/C30H30FN5O3/c1-4-6-25-24(29(33-18(3)32-25)36-11-5-12-36)14-19-7-9-22-20(13-19)16-38-26-15-21(31)8-10-23(26)27(22)17(2)28-34-30(37)39-35-28/h7-10,13,15H,4-6,11-12,14,16H2,1-3H3,(H,34,35,37)/b27-17-. The Morgan fingerprint density at radius 2 is 1.95 bits per heavy atom. The molecule has 0 amide bonds. The highest BCUT2D eigenvalue weighted by Gasteiger charge is 2.26. The summed E-state index contributed by atoms with van der Waals surface area (Å²) in [5.41, 5.74) is 7.52. The SMILES string of the molecule is CCCc1nc(C)nc(N2CCC2)c1Cc1ccc2c(c1)COc1cc(F)ccc1/C2=C(/C)c1noc(=O)[nH]1. The zero-order valence-electron chi connectivity index (χ0n) is 22.3. The number of aromatic amines is 1. The highest BCUT2D eigenvalue weighted by Crippen LogP contribution is 2.41. The molecule has 0 saturated carbocycles.